The van der Waals surface area contributed by atoms with Crippen molar-refractivity contribution in [2.24, 2.45) is 10.4 Å². The summed E-state index contributed by atoms with van der Waals surface area (Å²) in [6.07, 6.45) is -3.05. The Kier molecular flexibility index (Phi) is 5.42. The standard InChI is InChI=1S/C25H22F4N2/c1-24(2)22(21-10-6-7-13-30-21)18(16-8-4-3-5-9-16)15-31-23(24)17-11-12-20(26)19(14-17)25(27,28)29/h3-14,18,22H,15H2,1-2H3. The zero-order chi connectivity index (χ0) is 22.2. The number of hydrogen-bond donors (Lipinski definition) is 0. The van der Waals surface area contributed by atoms with Gasteiger partial charge < -0.3 is 0 Å². The number of benzene rings is 2. The van der Waals surface area contributed by atoms with Gasteiger partial charge in [0.05, 0.1) is 5.56 Å². The molecule has 1 aliphatic rings. The fraction of sp³-hybridized carbons (Fsp3) is 0.280. The predicted molar refractivity (Wildman–Crippen MR) is 113 cm³/mol. The van der Waals surface area contributed by atoms with E-state index in [-0.39, 0.29) is 17.4 Å². The van der Waals surface area contributed by atoms with Gasteiger partial charge in [0, 0.05) is 41.4 Å². The van der Waals surface area contributed by atoms with E-state index in [1.807, 2.05) is 62.4 Å². The van der Waals surface area contributed by atoms with Crippen LogP contribution in [0.25, 0.3) is 0 Å². The minimum Gasteiger partial charge on any atom is -0.288 e. The number of halogens is 4. The molecule has 4 rings (SSSR count). The normalized spacial score (nSPS) is 20.9. The molecule has 2 unspecified atom stereocenters. The molecule has 0 saturated carbocycles. The highest BCUT2D eigenvalue weighted by atomic mass is 19.4. The average Bonchev–Trinajstić information content (AvgIpc) is 2.74. The van der Waals surface area contributed by atoms with Crippen LogP contribution < -0.4 is 0 Å². The highest BCUT2D eigenvalue weighted by Gasteiger charge is 2.45. The Morgan fingerprint density at radius 2 is 1.65 bits per heavy atom. The number of hydrogen-bond acceptors (Lipinski definition) is 2. The quantitative estimate of drug-likeness (QED) is 0.431. The maximum atomic E-state index is 13.9. The second kappa shape index (κ2) is 7.91. The van der Waals surface area contributed by atoms with Gasteiger partial charge in [0.25, 0.3) is 0 Å². The van der Waals surface area contributed by atoms with E-state index < -0.39 is 23.0 Å². The van der Waals surface area contributed by atoms with Crippen LogP contribution >= 0.6 is 0 Å². The molecule has 2 atom stereocenters. The highest BCUT2D eigenvalue weighted by molar-refractivity contribution is 6.05. The van der Waals surface area contributed by atoms with Crippen molar-refractivity contribution in [2.45, 2.75) is 31.9 Å². The van der Waals surface area contributed by atoms with Gasteiger partial charge >= 0.3 is 6.18 Å². The first kappa shape index (κ1) is 21.2. The maximum absolute atomic E-state index is 13.9. The molecule has 1 aliphatic heterocycles. The molecule has 0 aliphatic carbocycles. The lowest BCUT2D eigenvalue weighted by Crippen LogP contribution is -2.41. The summed E-state index contributed by atoms with van der Waals surface area (Å²) in [5.74, 6) is -1.39. The lowest BCUT2D eigenvalue weighted by Gasteiger charge is -2.44. The van der Waals surface area contributed by atoms with Crippen LogP contribution in [0.1, 0.15) is 48.1 Å². The third-order valence-corrected chi connectivity index (χ3v) is 6.02. The van der Waals surface area contributed by atoms with Gasteiger partial charge in [0.15, 0.2) is 0 Å². The number of aromatic nitrogens is 1. The van der Waals surface area contributed by atoms with E-state index in [0.717, 1.165) is 23.4 Å². The highest BCUT2D eigenvalue weighted by Crippen LogP contribution is 2.50. The molecule has 2 heterocycles. The Bertz CT molecular complexity index is 1090. The number of pyridine rings is 1. The van der Waals surface area contributed by atoms with Gasteiger partial charge in [-0.3, -0.25) is 9.98 Å². The summed E-state index contributed by atoms with van der Waals surface area (Å²) in [4.78, 5) is 9.32. The second-order valence-corrected chi connectivity index (χ2v) is 8.35. The molecule has 31 heavy (non-hydrogen) atoms. The molecule has 0 N–H and O–H groups in total. The molecule has 0 saturated heterocycles. The lowest BCUT2D eigenvalue weighted by molar-refractivity contribution is -0.140. The zero-order valence-corrected chi connectivity index (χ0v) is 17.2. The van der Waals surface area contributed by atoms with Crippen molar-refractivity contribution in [2.75, 3.05) is 6.54 Å². The number of aliphatic imine (C=N–C) groups is 1. The van der Waals surface area contributed by atoms with Crippen LogP contribution in [0, 0.1) is 11.2 Å². The number of alkyl halides is 3. The molecule has 2 aromatic carbocycles. The summed E-state index contributed by atoms with van der Waals surface area (Å²) in [5.41, 5.74) is 0.847. The fourth-order valence-corrected chi connectivity index (χ4v) is 4.64. The van der Waals surface area contributed by atoms with Crippen LogP contribution in [-0.4, -0.2) is 17.2 Å². The molecule has 0 fully saturated rings. The van der Waals surface area contributed by atoms with E-state index in [4.69, 9.17) is 4.99 Å². The van der Waals surface area contributed by atoms with Gasteiger partial charge in [0.1, 0.15) is 5.82 Å². The van der Waals surface area contributed by atoms with Crippen LogP contribution in [0.4, 0.5) is 17.6 Å². The number of nitrogens with zero attached hydrogens (tertiary/aromatic N) is 2. The Balaban J connectivity index is 1.86. The molecule has 160 valence electrons. The first-order valence-corrected chi connectivity index (χ1v) is 10.1. The molecule has 0 bridgehead atoms. The van der Waals surface area contributed by atoms with Crippen molar-refractivity contribution in [3.63, 3.8) is 0 Å². The Morgan fingerprint density at radius 3 is 2.29 bits per heavy atom. The molecular weight excluding hydrogens is 404 g/mol. The summed E-state index contributed by atoms with van der Waals surface area (Å²) < 4.78 is 53.9. The first-order chi connectivity index (χ1) is 14.7. The third kappa shape index (κ3) is 3.99. The van der Waals surface area contributed by atoms with Crippen LogP contribution in [0.3, 0.4) is 0 Å². The van der Waals surface area contributed by atoms with Crippen molar-refractivity contribution in [3.05, 3.63) is 101 Å². The Hall–Kier alpha value is -3.02. The minimum atomic E-state index is -4.77. The molecular formula is C25H22F4N2. The maximum Gasteiger partial charge on any atom is 0.419 e. The van der Waals surface area contributed by atoms with Crippen LogP contribution in [0.2, 0.25) is 0 Å². The topological polar surface area (TPSA) is 25.2 Å². The summed E-state index contributed by atoms with van der Waals surface area (Å²) in [6.45, 7) is 4.34. The van der Waals surface area contributed by atoms with E-state index in [2.05, 4.69) is 4.98 Å². The third-order valence-electron chi connectivity index (χ3n) is 6.02. The van der Waals surface area contributed by atoms with E-state index in [9.17, 15) is 17.6 Å². The Morgan fingerprint density at radius 1 is 0.935 bits per heavy atom. The molecule has 2 nitrogen and oxygen atoms in total. The average molecular weight is 426 g/mol. The van der Waals surface area contributed by atoms with Crippen LogP contribution in [-0.2, 0) is 6.18 Å². The smallest absolute Gasteiger partial charge is 0.288 e. The summed E-state index contributed by atoms with van der Waals surface area (Å²) >= 11 is 0. The first-order valence-electron chi connectivity index (χ1n) is 10.1. The molecule has 6 heteroatoms. The summed E-state index contributed by atoms with van der Waals surface area (Å²) in [6, 6.07) is 18.8. The molecule has 1 aromatic heterocycles. The van der Waals surface area contributed by atoms with Gasteiger partial charge in [-0.15, -0.1) is 0 Å². The largest absolute Gasteiger partial charge is 0.419 e. The lowest BCUT2D eigenvalue weighted by atomic mass is 9.62. The van der Waals surface area contributed by atoms with Gasteiger partial charge in [0.2, 0.25) is 0 Å². The van der Waals surface area contributed by atoms with E-state index in [1.165, 1.54) is 6.07 Å². The summed E-state index contributed by atoms with van der Waals surface area (Å²) in [7, 11) is 0. The van der Waals surface area contributed by atoms with E-state index in [1.54, 1.807) is 6.20 Å². The van der Waals surface area contributed by atoms with E-state index >= 15 is 0 Å². The van der Waals surface area contributed by atoms with Gasteiger partial charge in [-0.25, -0.2) is 4.39 Å². The predicted octanol–water partition coefficient (Wildman–Crippen LogP) is 6.64. The molecule has 0 radical (unpaired) electrons. The fourth-order valence-electron chi connectivity index (χ4n) is 4.64. The second-order valence-electron chi connectivity index (χ2n) is 8.35. The molecule has 0 spiro atoms. The Labute approximate surface area is 178 Å². The van der Waals surface area contributed by atoms with Crippen LogP contribution in [0.15, 0.2) is 77.9 Å². The van der Waals surface area contributed by atoms with Crippen molar-refractivity contribution >= 4 is 5.71 Å². The van der Waals surface area contributed by atoms with Gasteiger partial charge in [-0.1, -0.05) is 56.3 Å². The van der Waals surface area contributed by atoms with Gasteiger partial charge in [-0.05, 0) is 35.4 Å². The number of rotatable bonds is 3. The van der Waals surface area contributed by atoms with Gasteiger partial charge in [-0.2, -0.15) is 13.2 Å². The zero-order valence-electron chi connectivity index (χ0n) is 17.2. The van der Waals surface area contributed by atoms with Crippen molar-refractivity contribution in [3.8, 4) is 0 Å². The SMILES string of the molecule is CC1(C)C(c2ccc(F)c(C(F)(F)F)c2)=NCC(c2ccccc2)C1c1ccccn1. The van der Waals surface area contributed by atoms with Crippen molar-refractivity contribution < 1.29 is 17.6 Å². The molecule has 3 aromatic rings. The van der Waals surface area contributed by atoms with Crippen molar-refractivity contribution in [1.29, 1.82) is 0 Å². The van der Waals surface area contributed by atoms with Crippen molar-refractivity contribution in [1.82, 2.24) is 4.98 Å². The minimum absolute atomic E-state index is 0.0115. The summed E-state index contributed by atoms with van der Waals surface area (Å²) in [5, 5.41) is 0. The monoisotopic (exact) mass is 426 g/mol. The van der Waals surface area contributed by atoms with Crippen LogP contribution in [0.5, 0.6) is 0 Å². The van der Waals surface area contributed by atoms with E-state index in [0.29, 0.717) is 12.3 Å². The molecule has 0 amide bonds.